The first kappa shape index (κ1) is 17.2. The summed E-state index contributed by atoms with van der Waals surface area (Å²) in [6.07, 6.45) is 4.63. The van der Waals surface area contributed by atoms with E-state index < -0.39 is 6.10 Å². The number of carbonyl (C=O) groups is 1. The summed E-state index contributed by atoms with van der Waals surface area (Å²) in [4.78, 5) is 11.9. The Morgan fingerprint density at radius 1 is 1.17 bits per heavy atom. The lowest BCUT2D eigenvalue weighted by Gasteiger charge is -2.36. The molecule has 23 heavy (non-hydrogen) atoms. The van der Waals surface area contributed by atoms with Crippen molar-refractivity contribution in [3.8, 4) is 0 Å². The SMILES string of the molecule is CCC1OC(CC)C2C3CC(CC3C(O)CC(=O)OC(C)C)C12. The second kappa shape index (κ2) is 6.72. The van der Waals surface area contributed by atoms with Crippen LogP contribution in [0.4, 0.5) is 0 Å². The van der Waals surface area contributed by atoms with Crippen molar-refractivity contribution in [1.29, 1.82) is 0 Å². The van der Waals surface area contributed by atoms with Crippen LogP contribution in [0.15, 0.2) is 0 Å². The molecule has 3 rings (SSSR count). The van der Waals surface area contributed by atoms with Crippen LogP contribution in [0.3, 0.4) is 0 Å². The van der Waals surface area contributed by atoms with Gasteiger partial charge in [-0.2, -0.15) is 0 Å². The summed E-state index contributed by atoms with van der Waals surface area (Å²) >= 11 is 0. The molecule has 2 bridgehead atoms. The minimum absolute atomic E-state index is 0.114. The van der Waals surface area contributed by atoms with E-state index in [-0.39, 0.29) is 24.4 Å². The maximum Gasteiger partial charge on any atom is 0.308 e. The summed E-state index contributed by atoms with van der Waals surface area (Å²) in [6.45, 7) is 8.12. The third-order valence-electron chi connectivity index (χ3n) is 6.43. The van der Waals surface area contributed by atoms with Crippen LogP contribution in [0.25, 0.3) is 0 Å². The highest BCUT2D eigenvalue weighted by atomic mass is 16.5. The number of hydrogen-bond donors (Lipinski definition) is 1. The molecule has 4 heteroatoms. The van der Waals surface area contributed by atoms with E-state index in [0.29, 0.717) is 35.9 Å². The van der Waals surface area contributed by atoms with Crippen molar-refractivity contribution in [3.63, 3.8) is 0 Å². The van der Waals surface area contributed by atoms with Crippen molar-refractivity contribution in [1.82, 2.24) is 0 Å². The predicted molar refractivity (Wildman–Crippen MR) is 87.8 cm³/mol. The van der Waals surface area contributed by atoms with Gasteiger partial charge in [0.25, 0.3) is 0 Å². The van der Waals surface area contributed by atoms with E-state index in [1.807, 2.05) is 13.8 Å². The second-order valence-corrected chi connectivity index (χ2v) is 8.05. The Morgan fingerprint density at radius 3 is 2.43 bits per heavy atom. The molecule has 0 spiro atoms. The molecule has 0 aromatic heterocycles. The van der Waals surface area contributed by atoms with Crippen LogP contribution in [-0.2, 0) is 14.3 Å². The van der Waals surface area contributed by atoms with Crippen molar-refractivity contribution in [2.75, 3.05) is 0 Å². The number of esters is 1. The lowest BCUT2D eigenvalue weighted by molar-refractivity contribution is -0.151. The standard InChI is InChI=1S/C19H32O4/c1-5-15-18-11-7-12(14(20)9-17(21)22-10(3)4)13(8-11)19(18)16(6-2)23-15/h10-16,18-20H,5-9H2,1-4H3. The average molecular weight is 324 g/mol. The fourth-order valence-corrected chi connectivity index (χ4v) is 5.79. The zero-order valence-electron chi connectivity index (χ0n) is 14.9. The molecule has 8 unspecified atom stereocenters. The highest BCUT2D eigenvalue weighted by Crippen LogP contribution is 2.62. The van der Waals surface area contributed by atoms with Crippen LogP contribution in [0.5, 0.6) is 0 Å². The van der Waals surface area contributed by atoms with Crippen molar-refractivity contribution < 1.29 is 19.4 Å². The van der Waals surface area contributed by atoms with E-state index in [1.54, 1.807) is 0 Å². The molecule has 1 saturated heterocycles. The Morgan fingerprint density at radius 2 is 1.83 bits per heavy atom. The van der Waals surface area contributed by atoms with E-state index in [9.17, 15) is 9.90 Å². The fraction of sp³-hybridized carbons (Fsp3) is 0.947. The van der Waals surface area contributed by atoms with Crippen LogP contribution >= 0.6 is 0 Å². The molecule has 4 nitrogen and oxygen atoms in total. The minimum atomic E-state index is -0.560. The first-order chi connectivity index (χ1) is 11.0. The molecule has 0 amide bonds. The monoisotopic (exact) mass is 324 g/mol. The molecular formula is C19H32O4. The first-order valence-corrected chi connectivity index (χ1v) is 9.49. The molecular weight excluding hydrogens is 292 g/mol. The fourth-order valence-electron chi connectivity index (χ4n) is 5.79. The lowest BCUT2D eigenvalue weighted by atomic mass is 9.69. The molecule has 3 fully saturated rings. The molecule has 132 valence electrons. The molecule has 0 radical (unpaired) electrons. The van der Waals surface area contributed by atoms with E-state index in [0.717, 1.165) is 19.3 Å². The maximum absolute atomic E-state index is 11.9. The molecule has 1 heterocycles. The van der Waals surface area contributed by atoms with Gasteiger partial charge in [0.15, 0.2) is 0 Å². The molecule has 3 aliphatic rings. The van der Waals surface area contributed by atoms with Crippen molar-refractivity contribution in [2.45, 2.75) is 84.2 Å². The van der Waals surface area contributed by atoms with E-state index >= 15 is 0 Å². The number of carbonyl (C=O) groups excluding carboxylic acids is 1. The van der Waals surface area contributed by atoms with Gasteiger partial charge in [-0.05, 0) is 69.1 Å². The summed E-state index contributed by atoms with van der Waals surface area (Å²) in [6, 6.07) is 0. The van der Waals surface area contributed by atoms with Gasteiger partial charge in [0.2, 0.25) is 0 Å². The highest BCUT2D eigenvalue weighted by molar-refractivity contribution is 5.70. The zero-order valence-corrected chi connectivity index (χ0v) is 14.9. The quantitative estimate of drug-likeness (QED) is 0.763. The Bertz CT molecular complexity index is 435. The largest absolute Gasteiger partial charge is 0.463 e. The summed E-state index contributed by atoms with van der Waals surface area (Å²) in [7, 11) is 0. The third kappa shape index (κ3) is 3.05. The maximum atomic E-state index is 11.9. The molecule has 2 saturated carbocycles. The summed E-state index contributed by atoms with van der Waals surface area (Å²) < 4.78 is 11.5. The van der Waals surface area contributed by atoms with Crippen molar-refractivity contribution in [3.05, 3.63) is 0 Å². The number of ether oxygens (including phenoxy) is 2. The van der Waals surface area contributed by atoms with E-state index in [4.69, 9.17) is 9.47 Å². The smallest absolute Gasteiger partial charge is 0.308 e. The Kier molecular flexibility index (Phi) is 5.03. The summed E-state index contributed by atoms with van der Waals surface area (Å²) in [5.41, 5.74) is 0. The van der Waals surface area contributed by atoms with Crippen LogP contribution in [0.1, 0.15) is 59.8 Å². The molecule has 1 N–H and O–H groups in total. The van der Waals surface area contributed by atoms with Crippen molar-refractivity contribution in [2.24, 2.45) is 29.6 Å². The topological polar surface area (TPSA) is 55.8 Å². The third-order valence-corrected chi connectivity index (χ3v) is 6.43. The zero-order chi connectivity index (χ0) is 16.7. The number of fused-ring (bicyclic) bond motifs is 5. The number of aliphatic hydroxyl groups is 1. The van der Waals surface area contributed by atoms with Crippen LogP contribution in [0, 0.1) is 29.6 Å². The molecule has 0 aromatic carbocycles. The minimum Gasteiger partial charge on any atom is -0.463 e. The predicted octanol–water partition coefficient (Wildman–Crippen LogP) is 3.16. The van der Waals surface area contributed by atoms with Gasteiger partial charge in [-0.25, -0.2) is 0 Å². The van der Waals surface area contributed by atoms with Crippen LogP contribution in [-0.4, -0.2) is 35.5 Å². The Labute approximate surface area is 139 Å². The summed E-state index contributed by atoms with van der Waals surface area (Å²) in [5.74, 6) is 2.44. The number of rotatable bonds is 6. The second-order valence-electron chi connectivity index (χ2n) is 8.05. The van der Waals surface area contributed by atoms with Gasteiger partial charge in [-0.15, -0.1) is 0 Å². The molecule has 2 aliphatic carbocycles. The Hall–Kier alpha value is -0.610. The number of hydrogen-bond acceptors (Lipinski definition) is 4. The average Bonchev–Trinajstić information content (AvgIpc) is 3.15. The molecule has 0 aromatic rings. The lowest BCUT2D eigenvalue weighted by Crippen LogP contribution is -2.38. The van der Waals surface area contributed by atoms with Gasteiger partial charge in [-0.1, -0.05) is 13.8 Å². The molecule has 8 atom stereocenters. The Balaban J connectivity index is 1.66. The van der Waals surface area contributed by atoms with Gasteiger partial charge in [-0.3, -0.25) is 4.79 Å². The van der Waals surface area contributed by atoms with Crippen molar-refractivity contribution >= 4 is 5.97 Å². The van der Waals surface area contributed by atoms with Gasteiger partial charge in [0.1, 0.15) is 0 Å². The number of aliphatic hydroxyl groups excluding tert-OH is 1. The van der Waals surface area contributed by atoms with Gasteiger partial charge < -0.3 is 14.6 Å². The first-order valence-electron chi connectivity index (χ1n) is 9.49. The summed E-state index contributed by atoms with van der Waals surface area (Å²) in [5, 5.41) is 10.6. The molecule has 1 aliphatic heterocycles. The van der Waals surface area contributed by atoms with E-state index in [1.165, 1.54) is 6.42 Å². The van der Waals surface area contributed by atoms with Crippen LogP contribution < -0.4 is 0 Å². The van der Waals surface area contributed by atoms with Gasteiger partial charge in [0.05, 0.1) is 30.8 Å². The van der Waals surface area contributed by atoms with E-state index in [2.05, 4.69) is 13.8 Å². The van der Waals surface area contributed by atoms with Gasteiger partial charge >= 0.3 is 5.97 Å². The van der Waals surface area contributed by atoms with Crippen LogP contribution in [0.2, 0.25) is 0 Å². The normalized spacial score (nSPS) is 43.0. The van der Waals surface area contributed by atoms with Gasteiger partial charge in [0, 0.05) is 0 Å². The highest BCUT2D eigenvalue weighted by Gasteiger charge is 2.61.